The highest BCUT2D eigenvalue weighted by molar-refractivity contribution is 5.70. The van der Waals surface area contributed by atoms with Crippen molar-refractivity contribution >= 4 is 5.97 Å². The SMILES string of the molecule is O=C(O)C1CCc2oc(-c3ccncc3)nc2C1. The topological polar surface area (TPSA) is 76.2 Å². The number of hydrogen-bond acceptors (Lipinski definition) is 4. The molecule has 1 aliphatic carbocycles. The summed E-state index contributed by atoms with van der Waals surface area (Å²) in [7, 11) is 0. The van der Waals surface area contributed by atoms with Gasteiger partial charge in [0.1, 0.15) is 5.76 Å². The molecule has 0 bridgehead atoms. The second kappa shape index (κ2) is 4.25. The molecule has 0 saturated heterocycles. The third-order valence-electron chi connectivity index (χ3n) is 3.21. The normalized spacial score (nSPS) is 18.3. The van der Waals surface area contributed by atoms with Gasteiger partial charge < -0.3 is 9.52 Å². The van der Waals surface area contributed by atoms with E-state index in [0.717, 1.165) is 17.0 Å². The van der Waals surface area contributed by atoms with E-state index >= 15 is 0 Å². The van der Waals surface area contributed by atoms with E-state index in [1.807, 2.05) is 12.1 Å². The van der Waals surface area contributed by atoms with Crippen LogP contribution in [0.3, 0.4) is 0 Å². The number of nitrogens with zero attached hydrogens (tertiary/aromatic N) is 2. The number of aromatic nitrogens is 2. The molecule has 5 nitrogen and oxygen atoms in total. The van der Waals surface area contributed by atoms with E-state index in [1.54, 1.807) is 12.4 Å². The zero-order valence-corrected chi connectivity index (χ0v) is 9.67. The predicted molar refractivity (Wildman–Crippen MR) is 62.9 cm³/mol. The van der Waals surface area contributed by atoms with Crippen molar-refractivity contribution in [2.75, 3.05) is 0 Å². The molecule has 1 N–H and O–H groups in total. The number of pyridine rings is 1. The summed E-state index contributed by atoms with van der Waals surface area (Å²) in [5.74, 6) is 0.273. The Labute approximate surface area is 103 Å². The van der Waals surface area contributed by atoms with Gasteiger partial charge in [0.2, 0.25) is 5.89 Å². The van der Waals surface area contributed by atoms with E-state index in [9.17, 15) is 4.79 Å². The fourth-order valence-electron chi connectivity index (χ4n) is 2.21. The first-order valence-corrected chi connectivity index (χ1v) is 5.86. The number of aliphatic carboxylic acids is 1. The maximum atomic E-state index is 11.0. The lowest BCUT2D eigenvalue weighted by Crippen LogP contribution is -2.21. The van der Waals surface area contributed by atoms with E-state index in [4.69, 9.17) is 9.52 Å². The summed E-state index contributed by atoms with van der Waals surface area (Å²) in [6, 6.07) is 3.65. The molecule has 2 aromatic heterocycles. The smallest absolute Gasteiger partial charge is 0.306 e. The van der Waals surface area contributed by atoms with Crippen molar-refractivity contribution in [3.63, 3.8) is 0 Å². The Kier molecular flexibility index (Phi) is 2.59. The Balaban J connectivity index is 1.92. The fraction of sp³-hybridized carbons (Fsp3) is 0.308. The van der Waals surface area contributed by atoms with Gasteiger partial charge in [0.25, 0.3) is 0 Å². The van der Waals surface area contributed by atoms with Crippen molar-refractivity contribution < 1.29 is 14.3 Å². The highest BCUT2D eigenvalue weighted by atomic mass is 16.4. The Morgan fingerprint density at radius 2 is 2.17 bits per heavy atom. The lowest BCUT2D eigenvalue weighted by molar-refractivity contribution is -0.142. The highest BCUT2D eigenvalue weighted by Crippen LogP contribution is 2.29. The lowest BCUT2D eigenvalue weighted by atomic mass is 9.90. The molecule has 0 fully saturated rings. The monoisotopic (exact) mass is 244 g/mol. The van der Waals surface area contributed by atoms with E-state index < -0.39 is 5.97 Å². The van der Waals surface area contributed by atoms with Gasteiger partial charge in [-0.2, -0.15) is 0 Å². The molecule has 0 spiro atoms. The maximum absolute atomic E-state index is 11.0. The first-order chi connectivity index (χ1) is 8.74. The number of rotatable bonds is 2. The summed E-state index contributed by atoms with van der Waals surface area (Å²) in [6.07, 6.45) is 5.08. The van der Waals surface area contributed by atoms with Gasteiger partial charge in [-0.3, -0.25) is 9.78 Å². The predicted octanol–water partition coefficient (Wildman–Crippen LogP) is 1.93. The van der Waals surface area contributed by atoms with Gasteiger partial charge >= 0.3 is 5.97 Å². The van der Waals surface area contributed by atoms with Crippen LogP contribution < -0.4 is 0 Å². The Bertz CT molecular complexity index is 577. The van der Waals surface area contributed by atoms with Gasteiger partial charge in [0.15, 0.2) is 0 Å². The first-order valence-electron chi connectivity index (χ1n) is 5.86. The molecule has 18 heavy (non-hydrogen) atoms. The second-order valence-electron chi connectivity index (χ2n) is 4.40. The van der Waals surface area contributed by atoms with Crippen molar-refractivity contribution in [3.8, 4) is 11.5 Å². The van der Waals surface area contributed by atoms with E-state index in [1.165, 1.54) is 0 Å². The van der Waals surface area contributed by atoms with Crippen LogP contribution in [-0.4, -0.2) is 21.0 Å². The van der Waals surface area contributed by atoms with Crippen LogP contribution in [0.2, 0.25) is 0 Å². The van der Waals surface area contributed by atoms with Crippen LogP contribution in [0.5, 0.6) is 0 Å². The molecule has 3 rings (SSSR count). The van der Waals surface area contributed by atoms with Crippen molar-refractivity contribution in [1.29, 1.82) is 0 Å². The minimum Gasteiger partial charge on any atom is -0.481 e. The Morgan fingerprint density at radius 3 is 2.89 bits per heavy atom. The average Bonchev–Trinajstić information content (AvgIpc) is 2.82. The second-order valence-corrected chi connectivity index (χ2v) is 4.40. The summed E-state index contributed by atoms with van der Waals surface area (Å²) in [5, 5.41) is 9.02. The molecule has 2 aromatic rings. The zero-order valence-electron chi connectivity index (χ0n) is 9.67. The molecule has 0 aliphatic heterocycles. The van der Waals surface area contributed by atoms with Crippen LogP contribution >= 0.6 is 0 Å². The van der Waals surface area contributed by atoms with Gasteiger partial charge in [-0.05, 0) is 18.6 Å². The molecule has 92 valence electrons. The average molecular weight is 244 g/mol. The third kappa shape index (κ3) is 1.88. The quantitative estimate of drug-likeness (QED) is 0.873. The Morgan fingerprint density at radius 1 is 1.39 bits per heavy atom. The highest BCUT2D eigenvalue weighted by Gasteiger charge is 2.28. The Hall–Kier alpha value is -2.17. The molecule has 0 saturated carbocycles. The molecular weight excluding hydrogens is 232 g/mol. The van der Waals surface area contributed by atoms with Gasteiger partial charge in [0, 0.05) is 30.8 Å². The van der Waals surface area contributed by atoms with Crippen molar-refractivity contribution in [2.45, 2.75) is 19.3 Å². The maximum Gasteiger partial charge on any atom is 0.306 e. The number of fused-ring (bicyclic) bond motifs is 1. The summed E-state index contributed by atoms with van der Waals surface area (Å²) < 4.78 is 5.69. The number of oxazole rings is 1. The molecule has 1 atom stereocenters. The molecule has 0 aromatic carbocycles. The van der Waals surface area contributed by atoms with Crippen LogP contribution in [0.1, 0.15) is 17.9 Å². The number of carbonyl (C=O) groups is 1. The third-order valence-corrected chi connectivity index (χ3v) is 3.21. The molecule has 1 aliphatic rings. The van der Waals surface area contributed by atoms with Crippen LogP contribution in [0.25, 0.3) is 11.5 Å². The fourth-order valence-corrected chi connectivity index (χ4v) is 2.21. The van der Waals surface area contributed by atoms with E-state index in [-0.39, 0.29) is 5.92 Å². The van der Waals surface area contributed by atoms with Gasteiger partial charge in [-0.25, -0.2) is 4.98 Å². The summed E-state index contributed by atoms with van der Waals surface area (Å²) >= 11 is 0. The van der Waals surface area contributed by atoms with Crippen LogP contribution in [0, 0.1) is 5.92 Å². The number of carboxylic acids is 1. The van der Waals surface area contributed by atoms with Crippen LogP contribution in [0.15, 0.2) is 28.9 Å². The summed E-state index contributed by atoms with van der Waals surface area (Å²) in [5.41, 5.74) is 1.65. The molecule has 0 amide bonds. The van der Waals surface area contributed by atoms with Crippen LogP contribution in [0.4, 0.5) is 0 Å². The van der Waals surface area contributed by atoms with Gasteiger partial charge in [-0.1, -0.05) is 0 Å². The standard InChI is InChI=1S/C13H12N2O3/c16-13(17)9-1-2-11-10(7-9)15-12(18-11)8-3-5-14-6-4-8/h3-6,9H,1-2,7H2,(H,16,17). The minimum absolute atomic E-state index is 0.340. The number of hydrogen-bond donors (Lipinski definition) is 1. The number of carboxylic acid groups (broad SMARTS) is 1. The lowest BCUT2D eigenvalue weighted by Gasteiger charge is -2.15. The largest absolute Gasteiger partial charge is 0.481 e. The van der Waals surface area contributed by atoms with Crippen molar-refractivity contribution in [1.82, 2.24) is 9.97 Å². The van der Waals surface area contributed by atoms with Crippen molar-refractivity contribution in [3.05, 3.63) is 36.0 Å². The first kappa shape index (κ1) is 11.0. The van der Waals surface area contributed by atoms with Crippen molar-refractivity contribution in [2.24, 2.45) is 5.92 Å². The molecule has 5 heteroatoms. The van der Waals surface area contributed by atoms with Gasteiger partial charge in [0.05, 0.1) is 11.6 Å². The van der Waals surface area contributed by atoms with Gasteiger partial charge in [-0.15, -0.1) is 0 Å². The zero-order chi connectivity index (χ0) is 12.5. The molecule has 1 unspecified atom stereocenters. The van der Waals surface area contributed by atoms with E-state index in [0.29, 0.717) is 25.2 Å². The molecule has 0 radical (unpaired) electrons. The number of aryl methyl sites for hydroxylation is 1. The summed E-state index contributed by atoms with van der Waals surface area (Å²) in [4.78, 5) is 19.3. The molecule has 2 heterocycles. The minimum atomic E-state index is -0.755. The molecular formula is C13H12N2O3. The van der Waals surface area contributed by atoms with Crippen LogP contribution in [-0.2, 0) is 17.6 Å². The summed E-state index contributed by atoms with van der Waals surface area (Å²) in [6.45, 7) is 0. The van der Waals surface area contributed by atoms with E-state index in [2.05, 4.69) is 9.97 Å².